The second-order valence-corrected chi connectivity index (χ2v) is 6.24. The quantitative estimate of drug-likeness (QED) is 0.765. The fraction of sp³-hybridized carbons (Fsp3) is 0.353. The van der Waals surface area contributed by atoms with Crippen LogP contribution in [0, 0.1) is 13.8 Å². The first-order valence-electron chi connectivity index (χ1n) is 7.72. The molecular weight excluding hydrogens is 371 g/mol. The molecule has 0 radical (unpaired) electrons. The zero-order valence-corrected chi connectivity index (χ0v) is 15.1. The molecule has 0 spiro atoms. The van der Waals surface area contributed by atoms with Crippen molar-refractivity contribution in [1.29, 1.82) is 0 Å². The molecule has 1 amide bonds. The number of aryl methyl sites for hydroxylation is 1. The maximum absolute atomic E-state index is 12.6. The first kappa shape index (κ1) is 20.0. The van der Waals surface area contributed by atoms with Crippen LogP contribution in [0.3, 0.4) is 0 Å². The van der Waals surface area contributed by atoms with E-state index in [9.17, 15) is 22.8 Å². The standard InChI is InChI=1S/C17H17ClF3N3O2/c1-8-14(10(3)25)9(2)24-15(8)16(26)22-5-4-13-12(18)6-11(7-23-13)17(19,20)21/h6-7,24H,4-5H2,1-3H3,(H,22,26). The van der Waals surface area contributed by atoms with Crippen molar-refractivity contribution in [3.63, 3.8) is 0 Å². The Hall–Kier alpha value is -2.35. The van der Waals surface area contributed by atoms with Crippen LogP contribution >= 0.6 is 11.6 Å². The van der Waals surface area contributed by atoms with Crippen molar-refractivity contribution < 1.29 is 22.8 Å². The number of hydrogen-bond acceptors (Lipinski definition) is 3. The number of carbonyl (C=O) groups excluding carboxylic acids is 2. The van der Waals surface area contributed by atoms with E-state index in [1.54, 1.807) is 13.8 Å². The molecule has 2 rings (SSSR count). The molecule has 0 aliphatic heterocycles. The number of hydrogen-bond donors (Lipinski definition) is 2. The monoisotopic (exact) mass is 387 g/mol. The SMILES string of the molecule is CC(=O)c1c(C)[nH]c(C(=O)NCCc2ncc(C(F)(F)F)cc2Cl)c1C. The molecular formula is C17H17ClF3N3O2. The highest BCUT2D eigenvalue weighted by Gasteiger charge is 2.31. The third-order valence-electron chi connectivity index (χ3n) is 3.91. The third-order valence-corrected chi connectivity index (χ3v) is 4.24. The average Bonchev–Trinajstić information content (AvgIpc) is 2.82. The maximum atomic E-state index is 12.6. The zero-order valence-electron chi connectivity index (χ0n) is 14.3. The molecule has 0 atom stereocenters. The molecule has 2 N–H and O–H groups in total. The summed E-state index contributed by atoms with van der Waals surface area (Å²) in [5.41, 5.74) is 1.24. The van der Waals surface area contributed by atoms with Crippen LogP contribution in [0.1, 0.15) is 50.3 Å². The number of alkyl halides is 3. The van der Waals surface area contributed by atoms with Crippen LogP contribution in [0.4, 0.5) is 13.2 Å². The van der Waals surface area contributed by atoms with E-state index in [4.69, 9.17) is 11.6 Å². The predicted molar refractivity (Wildman–Crippen MR) is 90.6 cm³/mol. The van der Waals surface area contributed by atoms with E-state index in [-0.39, 0.29) is 35.2 Å². The van der Waals surface area contributed by atoms with Crippen LogP contribution in [-0.2, 0) is 12.6 Å². The van der Waals surface area contributed by atoms with Gasteiger partial charge in [-0.2, -0.15) is 13.2 Å². The van der Waals surface area contributed by atoms with Gasteiger partial charge in [0.1, 0.15) is 5.69 Å². The van der Waals surface area contributed by atoms with Gasteiger partial charge >= 0.3 is 6.18 Å². The number of Topliss-reactive ketones (excluding diaryl/α,β-unsaturated/α-hetero) is 1. The number of rotatable bonds is 5. The van der Waals surface area contributed by atoms with Crippen molar-refractivity contribution in [3.8, 4) is 0 Å². The van der Waals surface area contributed by atoms with E-state index in [0.29, 0.717) is 23.0 Å². The van der Waals surface area contributed by atoms with Gasteiger partial charge in [-0.05, 0) is 32.4 Å². The Morgan fingerprint density at radius 2 is 1.96 bits per heavy atom. The van der Waals surface area contributed by atoms with Gasteiger partial charge in [-0.3, -0.25) is 14.6 Å². The van der Waals surface area contributed by atoms with Crippen molar-refractivity contribution in [3.05, 3.63) is 51.1 Å². The van der Waals surface area contributed by atoms with E-state index in [1.807, 2.05) is 0 Å². The number of amides is 1. The molecule has 0 saturated carbocycles. The summed E-state index contributed by atoms with van der Waals surface area (Å²) in [5.74, 6) is -0.558. The summed E-state index contributed by atoms with van der Waals surface area (Å²) in [6, 6.07) is 0.809. The van der Waals surface area contributed by atoms with Crippen LogP contribution < -0.4 is 5.32 Å². The van der Waals surface area contributed by atoms with Crippen molar-refractivity contribution in [2.24, 2.45) is 0 Å². The lowest BCUT2D eigenvalue weighted by atomic mass is 10.1. The Morgan fingerprint density at radius 1 is 1.31 bits per heavy atom. The second kappa shape index (κ2) is 7.49. The fourth-order valence-corrected chi connectivity index (χ4v) is 2.95. The molecule has 2 aromatic rings. The van der Waals surface area contributed by atoms with Gasteiger partial charge in [0.2, 0.25) is 0 Å². The minimum atomic E-state index is -4.51. The number of carbonyl (C=O) groups is 2. The number of aromatic nitrogens is 2. The van der Waals surface area contributed by atoms with E-state index < -0.39 is 17.6 Å². The van der Waals surface area contributed by atoms with Crippen LogP contribution in [0.15, 0.2) is 12.3 Å². The number of pyridine rings is 1. The topological polar surface area (TPSA) is 74.8 Å². The maximum Gasteiger partial charge on any atom is 0.417 e. The Morgan fingerprint density at radius 3 is 2.46 bits per heavy atom. The summed E-state index contributed by atoms with van der Waals surface area (Å²) < 4.78 is 37.8. The lowest BCUT2D eigenvalue weighted by Gasteiger charge is -2.09. The molecule has 5 nitrogen and oxygen atoms in total. The fourth-order valence-electron chi connectivity index (χ4n) is 2.69. The molecule has 9 heteroatoms. The normalized spacial score (nSPS) is 11.5. The summed E-state index contributed by atoms with van der Waals surface area (Å²) in [4.78, 5) is 30.5. The number of aromatic amines is 1. The molecule has 2 aromatic heterocycles. The smallest absolute Gasteiger partial charge is 0.354 e. The summed E-state index contributed by atoms with van der Waals surface area (Å²) in [5, 5.41) is 2.53. The minimum Gasteiger partial charge on any atom is -0.354 e. The first-order chi connectivity index (χ1) is 12.0. The Bertz CT molecular complexity index is 860. The summed E-state index contributed by atoms with van der Waals surface area (Å²) in [7, 11) is 0. The van der Waals surface area contributed by atoms with Crippen molar-refractivity contribution in [1.82, 2.24) is 15.3 Å². The molecule has 0 aromatic carbocycles. The van der Waals surface area contributed by atoms with Crippen LogP contribution in [-0.4, -0.2) is 28.2 Å². The summed E-state index contributed by atoms with van der Waals surface area (Å²) >= 11 is 5.83. The van der Waals surface area contributed by atoms with Gasteiger partial charge in [0.25, 0.3) is 5.91 Å². The highest BCUT2D eigenvalue weighted by atomic mass is 35.5. The number of nitrogens with one attached hydrogen (secondary N) is 2. The van der Waals surface area contributed by atoms with Gasteiger partial charge in [-0.1, -0.05) is 11.6 Å². The molecule has 0 unspecified atom stereocenters. The highest BCUT2D eigenvalue weighted by Crippen LogP contribution is 2.31. The van der Waals surface area contributed by atoms with Crippen LogP contribution in [0.5, 0.6) is 0 Å². The van der Waals surface area contributed by atoms with Gasteiger partial charge < -0.3 is 10.3 Å². The molecule has 0 fully saturated rings. The van der Waals surface area contributed by atoms with Crippen molar-refractivity contribution >= 4 is 23.3 Å². The van der Waals surface area contributed by atoms with E-state index in [1.165, 1.54) is 6.92 Å². The second-order valence-electron chi connectivity index (χ2n) is 5.84. The Kier molecular flexibility index (Phi) is 5.75. The molecule has 0 bridgehead atoms. The number of H-pyrrole nitrogens is 1. The van der Waals surface area contributed by atoms with Gasteiger partial charge in [0, 0.05) is 30.4 Å². The van der Waals surface area contributed by atoms with Crippen LogP contribution in [0.2, 0.25) is 5.02 Å². The van der Waals surface area contributed by atoms with Gasteiger partial charge in [-0.25, -0.2) is 0 Å². The molecule has 0 aliphatic rings. The minimum absolute atomic E-state index is 0.111. The summed E-state index contributed by atoms with van der Waals surface area (Å²) in [6.45, 7) is 4.92. The molecule has 2 heterocycles. The first-order valence-corrected chi connectivity index (χ1v) is 8.10. The lowest BCUT2D eigenvalue weighted by Crippen LogP contribution is -2.27. The number of halogens is 4. The zero-order chi connectivity index (χ0) is 19.6. The van der Waals surface area contributed by atoms with E-state index in [2.05, 4.69) is 15.3 Å². The average molecular weight is 388 g/mol. The number of nitrogens with zero attached hydrogens (tertiary/aromatic N) is 1. The van der Waals surface area contributed by atoms with E-state index in [0.717, 1.165) is 6.07 Å². The van der Waals surface area contributed by atoms with Crippen molar-refractivity contribution in [2.45, 2.75) is 33.4 Å². The third kappa shape index (κ3) is 4.24. The van der Waals surface area contributed by atoms with Gasteiger partial charge in [-0.15, -0.1) is 0 Å². The highest BCUT2D eigenvalue weighted by molar-refractivity contribution is 6.31. The molecule has 140 valence electrons. The van der Waals surface area contributed by atoms with E-state index >= 15 is 0 Å². The number of ketones is 1. The largest absolute Gasteiger partial charge is 0.417 e. The Balaban J connectivity index is 2.03. The molecule has 26 heavy (non-hydrogen) atoms. The van der Waals surface area contributed by atoms with Crippen LogP contribution in [0.25, 0.3) is 0 Å². The molecule has 0 aliphatic carbocycles. The van der Waals surface area contributed by atoms with Gasteiger partial charge in [0.05, 0.1) is 16.3 Å². The lowest BCUT2D eigenvalue weighted by molar-refractivity contribution is -0.137. The van der Waals surface area contributed by atoms with Gasteiger partial charge in [0.15, 0.2) is 5.78 Å². The van der Waals surface area contributed by atoms with Crippen molar-refractivity contribution in [2.75, 3.05) is 6.54 Å². The molecule has 0 saturated heterocycles. The summed E-state index contributed by atoms with van der Waals surface area (Å²) in [6.07, 6.45) is -3.64. The Labute approximate surface area is 153 Å². The predicted octanol–water partition coefficient (Wildman–Crippen LogP) is 3.87.